The molecule has 6 N–H and O–H groups in total. The van der Waals surface area contributed by atoms with Gasteiger partial charge in [-0.1, -0.05) is 20.8 Å². The van der Waals surface area contributed by atoms with E-state index < -0.39 is 17.9 Å². The number of primary amides is 1. The maximum absolute atomic E-state index is 12.6. The zero-order valence-electron chi connectivity index (χ0n) is 22.8. The van der Waals surface area contributed by atoms with Crippen LogP contribution in [0.3, 0.4) is 0 Å². The van der Waals surface area contributed by atoms with Gasteiger partial charge in [-0.3, -0.25) is 9.59 Å². The molecule has 4 aliphatic carbocycles. The molecule has 11 unspecified atom stereocenters. The number of rotatable bonds is 9. The normalized spacial score (nSPS) is 42.6. The van der Waals surface area contributed by atoms with Gasteiger partial charge in [0.05, 0.1) is 12.2 Å². The van der Waals surface area contributed by atoms with E-state index in [1.54, 1.807) is 0 Å². The number of aliphatic hydroxyl groups is 2. The lowest BCUT2D eigenvalue weighted by atomic mass is 9.43. The van der Waals surface area contributed by atoms with Crippen LogP contribution in [-0.4, -0.2) is 51.4 Å². The maximum atomic E-state index is 12.6. The number of aliphatic carboxylic acids is 1. The fourth-order valence-electron chi connectivity index (χ4n) is 9.55. The molecule has 0 spiro atoms. The molecule has 2 amide bonds. The number of carboxylic acid groups (broad SMARTS) is 1. The Hall–Kier alpha value is -1.67. The Balaban J connectivity index is 1.38. The van der Waals surface area contributed by atoms with Crippen LogP contribution < -0.4 is 11.1 Å². The zero-order valence-corrected chi connectivity index (χ0v) is 22.8. The summed E-state index contributed by atoms with van der Waals surface area (Å²) in [5.74, 6) is 0.482. The van der Waals surface area contributed by atoms with E-state index in [1.165, 1.54) is 0 Å². The number of carbonyl (C=O) groups is 3. The minimum atomic E-state index is -1.15. The third kappa shape index (κ3) is 5.42. The van der Waals surface area contributed by atoms with Crippen molar-refractivity contribution in [3.05, 3.63) is 0 Å². The topological polar surface area (TPSA) is 150 Å². The van der Waals surface area contributed by atoms with Crippen molar-refractivity contribution in [2.24, 2.45) is 52.1 Å². The molecule has 0 aromatic heterocycles. The molecule has 8 heteroatoms. The van der Waals surface area contributed by atoms with Gasteiger partial charge in [0.25, 0.3) is 0 Å². The summed E-state index contributed by atoms with van der Waals surface area (Å²) in [6.45, 7) is 7.06. The molecular weight excluding hydrogens is 472 g/mol. The van der Waals surface area contributed by atoms with E-state index in [0.29, 0.717) is 41.9 Å². The summed E-state index contributed by atoms with van der Waals surface area (Å²) in [6, 6.07) is -1.10. The molecule has 0 aromatic rings. The number of hydrogen-bond acceptors (Lipinski definition) is 5. The highest BCUT2D eigenvalue weighted by Crippen LogP contribution is 2.68. The molecule has 0 heterocycles. The van der Waals surface area contributed by atoms with Crippen LogP contribution in [0.2, 0.25) is 0 Å². The molecule has 0 saturated heterocycles. The first-order valence-electron chi connectivity index (χ1n) is 14.5. The second kappa shape index (κ2) is 10.8. The number of carboxylic acids is 1. The number of aliphatic hydroxyl groups excluding tert-OH is 2. The van der Waals surface area contributed by atoms with Crippen molar-refractivity contribution in [3.8, 4) is 0 Å². The lowest BCUT2D eigenvalue weighted by molar-refractivity contribution is -0.174. The number of nitrogens with one attached hydrogen (secondary N) is 1. The molecule has 11 atom stereocenters. The Labute approximate surface area is 221 Å². The summed E-state index contributed by atoms with van der Waals surface area (Å²) in [6.07, 6.45) is 8.41. The zero-order chi connectivity index (χ0) is 27.1. The molecule has 4 fully saturated rings. The van der Waals surface area contributed by atoms with Crippen molar-refractivity contribution >= 4 is 17.8 Å². The summed E-state index contributed by atoms with van der Waals surface area (Å²) in [4.78, 5) is 35.0. The van der Waals surface area contributed by atoms with Crippen molar-refractivity contribution in [1.29, 1.82) is 0 Å². The van der Waals surface area contributed by atoms with Crippen molar-refractivity contribution in [3.63, 3.8) is 0 Å². The Bertz CT molecular complexity index is 880. The largest absolute Gasteiger partial charge is 0.480 e. The minimum absolute atomic E-state index is 0.00203. The van der Waals surface area contributed by atoms with Gasteiger partial charge in [0.2, 0.25) is 11.8 Å². The second-order valence-electron chi connectivity index (χ2n) is 13.4. The van der Waals surface area contributed by atoms with Gasteiger partial charge in [0.1, 0.15) is 6.04 Å². The van der Waals surface area contributed by atoms with Gasteiger partial charge >= 0.3 is 5.97 Å². The number of fused-ring (bicyclic) bond motifs is 5. The molecule has 0 radical (unpaired) electrons. The van der Waals surface area contributed by atoms with Gasteiger partial charge in [0, 0.05) is 12.8 Å². The van der Waals surface area contributed by atoms with E-state index >= 15 is 0 Å². The first-order valence-corrected chi connectivity index (χ1v) is 14.5. The highest BCUT2D eigenvalue weighted by molar-refractivity contribution is 5.84. The van der Waals surface area contributed by atoms with Crippen LogP contribution in [0.25, 0.3) is 0 Å². The summed E-state index contributed by atoms with van der Waals surface area (Å²) < 4.78 is 0. The molecule has 4 rings (SSSR count). The second-order valence-corrected chi connectivity index (χ2v) is 13.4. The Morgan fingerprint density at radius 2 is 1.62 bits per heavy atom. The molecule has 37 heavy (non-hydrogen) atoms. The predicted molar refractivity (Wildman–Crippen MR) is 139 cm³/mol. The van der Waals surface area contributed by atoms with Gasteiger partial charge in [-0.05, 0) is 111 Å². The lowest BCUT2D eigenvalue weighted by Crippen LogP contribution is -2.58. The maximum Gasteiger partial charge on any atom is 0.326 e. The number of hydrogen-bond donors (Lipinski definition) is 5. The average Bonchev–Trinajstić information content (AvgIpc) is 3.18. The Morgan fingerprint density at radius 3 is 2.30 bits per heavy atom. The van der Waals surface area contributed by atoms with Crippen LogP contribution in [0, 0.1) is 46.3 Å². The molecule has 0 aromatic carbocycles. The third-order valence-electron chi connectivity index (χ3n) is 11.6. The molecule has 4 saturated carbocycles. The van der Waals surface area contributed by atoms with Crippen molar-refractivity contribution < 1.29 is 29.7 Å². The predicted octanol–water partition coefficient (Wildman–Crippen LogP) is 3.23. The number of carbonyl (C=O) groups excluding carboxylic acids is 2. The summed E-state index contributed by atoms with van der Waals surface area (Å²) in [5.41, 5.74) is 5.48. The van der Waals surface area contributed by atoms with Gasteiger partial charge in [0.15, 0.2) is 0 Å². The third-order valence-corrected chi connectivity index (χ3v) is 11.6. The van der Waals surface area contributed by atoms with Crippen molar-refractivity contribution in [1.82, 2.24) is 5.32 Å². The number of amides is 2. The first kappa shape index (κ1) is 28.3. The fourth-order valence-corrected chi connectivity index (χ4v) is 9.55. The van der Waals surface area contributed by atoms with Crippen LogP contribution in [0.4, 0.5) is 0 Å². The molecular formula is C29H48N2O6. The molecule has 0 bridgehead atoms. The summed E-state index contributed by atoms with van der Waals surface area (Å²) >= 11 is 0. The standard InChI is InChI=1S/C29H48N2O6/c1-16(4-9-25(35)31-22(27(36)37)7-8-24(30)34)19-5-6-20-26-21(11-13-29(19,20)3)28(2)12-10-18(32)14-17(28)15-23(26)33/h16-23,26,32-33H,4-15H2,1-3H3,(H2,30,34)(H,31,35)(H,36,37). The van der Waals surface area contributed by atoms with E-state index in [-0.39, 0.29) is 48.2 Å². The van der Waals surface area contributed by atoms with Gasteiger partial charge in [-0.2, -0.15) is 0 Å². The highest BCUT2D eigenvalue weighted by Gasteiger charge is 2.62. The van der Waals surface area contributed by atoms with E-state index in [4.69, 9.17) is 5.73 Å². The lowest BCUT2D eigenvalue weighted by Gasteiger charge is -2.62. The van der Waals surface area contributed by atoms with Crippen LogP contribution >= 0.6 is 0 Å². The fraction of sp³-hybridized carbons (Fsp3) is 0.897. The molecule has 0 aliphatic heterocycles. The smallest absolute Gasteiger partial charge is 0.326 e. The average molecular weight is 521 g/mol. The first-order chi connectivity index (χ1) is 17.4. The SMILES string of the molecule is CC(CCC(=O)NC(CCC(N)=O)C(=O)O)C1CCC2C3C(O)CC4CC(O)CCC4(C)C3CCC12C. The van der Waals surface area contributed by atoms with Crippen LogP contribution in [0.5, 0.6) is 0 Å². The van der Waals surface area contributed by atoms with Crippen LogP contribution in [-0.2, 0) is 14.4 Å². The summed E-state index contributed by atoms with van der Waals surface area (Å²) in [7, 11) is 0. The van der Waals surface area contributed by atoms with Gasteiger partial charge < -0.3 is 26.4 Å². The Morgan fingerprint density at radius 1 is 0.946 bits per heavy atom. The highest BCUT2D eigenvalue weighted by atomic mass is 16.4. The van der Waals surface area contributed by atoms with Gasteiger partial charge in [-0.15, -0.1) is 0 Å². The quantitative estimate of drug-likeness (QED) is 0.315. The van der Waals surface area contributed by atoms with Crippen LogP contribution in [0.1, 0.15) is 97.8 Å². The van der Waals surface area contributed by atoms with Crippen LogP contribution in [0.15, 0.2) is 0 Å². The Kier molecular flexibility index (Phi) is 8.30. The van der Waals surface area contributed by atoms with Gasteiger partial charge in [-0.25, -0.2) is 4.79 Å². The molecule has 210 valence electrons. The van der Waals surface area contributed by atoms with E-state index in [2.05, 4.69) is 26.1 Å². The van der Waals surface area contributed by atoms with E-state index in [1.807, 2.05) is 0 Å². The van der Waals surface area contributed by atoms with E-state index in [9.17, 15) is 29.7 Å². The minimum Gasteiger partial charge on any atom is -0.480 e. The number of nitrogens with two attached hydrogens (primary N) is 1. The van der Waals surface area contributed by atoms with E-state index in [0.717, 1.165) is 51.4 Å². The monoisotopic (exact) mass is 520 g/mol. The molecule has 4 aliphatic rings. The van der Waals surface area contributed by atoms with Crippen molar-refractivity contribution in [2.45, 2.75) is 116 Å². The summed E-state index contributed by atoms with van der Waals surface area (Å²) in [5, 5.41) is 33.6. The molecule has 8 nitrogen and oxygen atoms in total. The van der Waals surface area contributed by atoms with Crippen molar-refractivity contribution in [2.75, 3.05) is 0 Å².